The molecular formula is C31H36N6O3. The SMILES string of the molecule is CCCc1ccc(C2CC(c3nc(NCc4ccc(OC)cc4OC)c4cccc(OC)c4ncn[nH]3)C2)nc1. The highest BCUT2D eigenvalue weighted by Crippen LogP contribution is 2.46. The molecule has 1 aliphatic carbocycles. The first-order chi connectivity index (χ1) is 19.6. The van der Waals surface area contributed by atoms with Crippen LogP contribution in [0.5, 0.6) is 17.2 Å². The van der Waals surface area contributed by atoms with Gasteiger partial charge in [0, 0.05) is 47.3 Å². The molecular weight excluding hydrogens is 504 g/mol. The van der Waals surface area contributed by atoms with Gasteiger partial charge in [0.05, 0.1) is 21.3 Å². The number of anilines is 1. The van der Waals surface area contributed by atoms with E-state index in [0.717, 1.165) is 59.7 Å². The molecule has 0 amide bonds. The van der Waals surface area contributed by atoms with Crippen LogP contribution in [0.15, 0.2) is 61.1 Å². The molecule has 0 bridgehead atoms. The Labute approximate surface area is 234 Å². The van der Waals surface area contributed by atoms with Gasteiger partial charge in [-0.05, 0) is 55.2 Å². The van der Waals surface area contributed by atoms with Crippen molar-refractivity contribution < 1.29 is 14.2 Å². The number of fused-ring (bicyclic) bond motifs is 1. The van der Waals surface area contributed by atoms with Crippen molar-refractivity contribution >= 4 is 16.7 Å². The molecule has 0 aliphatic heterocycles. The average molecular weight is 541 g/mol. The maximum absolute atomic E-state index is 5.62. The summed E-state index contributed by atoms with van der Waals surface area (Å²) in [6, 6.07) is 16.0. The maximum atomic E-state index is 5.62. The smallest absolute Gasteiger partial charge is 0.145 e. The fourth-order valence-corrected chi connectivity index (χ4v) is 5.09. The summed E-state index contributed by atoms with van der Waals surface area (Å²) < 4.78 is 16.6. The molecule has 2 aromatic heterocycles. The monoisotopic (exact) mass is 540 g/mol. The van der Waals surface area contributed by atoms with Crippen LogP contribution in [-0.4, -0.2) is 46.5 Å². The summed E-state index contributed by atoms with van der Waals surface area (Å²) in [4.78, 5) is 14.4. The second-order valence-corrected chi connectivity index (χ2v) is 9.93. The van der Waals surface area contributed by atoms with E-state index in [-0.39, 0.29) is 5.92 Å². The summed E-state index contributed by atoms with van der Waals surface area (Å²) in [5, 5.41) is 11.9. The number of H-pyrrole nitrogens is 1. The van der Waals surface area contributed by atoms with E-state index in [4.69, 9.17) is 24.2 Å². The molecule has 9 heteroatoms. The van der Waals surface area contributed by atoms with E-state index in [2.05, 4.69) is 39.6 Å². The van der Waals surface area contributed by atoms with Gasteiger partial charge in [-0.1, -0.05) is 25.5 Å². The van der Waals surface area contributed by atoms with Crippen LogP contribution < -0.4 is 19.5 Å². The summed E-state index contributed by atoms with van der Waals surface area (Å²) >= 11 is 0. The fourth-order valence-electron chi connectivity index (χ4n) is 5.09. The Kier molecular flexibility index (Phi) is 8.59. The molecule has 208 valence electrons. The van der Waals surface area contributed by atoms with Crippen molar-refractivity contribution in [2.45, 2.75) is 51.0 Å². The Balaban J connectivity index is 1.48. The zero-order valence-electron chi connectivity index (χ0n) is 23.5. The lowest BCUT2D eigenvalue weighted by molar-refractivity contribution is 0.330. The van der Waals surface area contributed by atoms with Crippen molar-refractivity contribution in [3.8, 4) is 17.2 Å². The average Bonchev–Trinajstić information content (AvgIpc) is 3.05. The van der Waals surface area contributed by atoms with Crippen LogP contribution in [0.4, 0.5) is 5.82 Å². The molecule has 0 spiro atoms. The van der Waals surface area contributed by atoms with Crippen LogP contribution in [0.3, 0.4) is 0 Å². The zero-order valence-corrected chi connectivity index (χ0v) is 23.5. The summed E-state index contributed by atoms with van der Waals surface area (Å²) in [6.07, 6.45) is 7.60. The second-order valence-electron chi connectivity index (χ2n) is 9.93. The number of benzene rings is 2. The summed E-state index contributed by atoms with van der Waals surface area (Å²) in [7, 11) is 4.93. The number of hydrogen-bond donors (Lipinski definition) is 2. The Morgan fingerprint density at radius 1 is 0.925 bits per heavy atom. The highest BCUT2D eigenvalue weighted by molar-refractivity contribution is 5.92. The number of aryl methyl sites for hydroxylation is 1. The van der Waals surface area contributed by atoms with Gasteiger partial charge in [-0.3, -0.25) is 10.1 Å². The van der Waals surface area contributed by atoms with Crippen LogP contribution in [0.1, 0.15) is 60.7 Å². The van der Waals surface area contributed by atoms with Crippen LogP contribution in [0, 0.1) is 0 Å². The summed E-state index contributed by atoms with van der Waals surface area (Å²) in [5.74, 6) is 4.21. The van der Waals surface area contributed by atoms with E-state index >= 15 is 0 Å². The number of aromatic amines is 1. The molecule has 0 saturated heterocycles. The molecule has 0 atom stereocenters. The Hall–Kier alpha value is -4.40. The van der Waals surface area contributed by atoms with E-state index in [9.17, 15) is 0 Å². The van der Waals surface area contributed by atoms with E-state index in [1.54, 1.807) is 21.3 Å². The van der Waals surface area contributed by atoms with Gasteiger partial charge in [-0.15, -0.1) is 0 Å². The molecule has 2 heterocycles. The third-order valence-electron chi connectivity index (χ3n) is 7.40. The summed E-state index contributed by atoms with van der Waals surface area (Å²) in [6.45, 7) is 2.67. The number of hydrogen-bond acceptors (Lipinski definition) is 8. The van der Waals surface area contributed by atoms with Crippen molar-refractivity contribution in [3.63, 3.8) is 0 Å². The van der Waals surface area contributed by atoms with Crippen molar-refractivity contribution in [2.24, 2.45) is 0 Å². The van der Waals surface area contributed by atoms with E-state index in [1.807, 2.05) is 42.6 Å². The van der Waals surface area contributed by atoms with Crippen LogP contribution >= 0.6 is 0 Å². The van der Waals surface area contributed by atoms with Crippen LogP contribution in [0.25, 0.3) is 10.9 Å². The molecule has 2 N–H and O–H groups in total. The maximum Gasteiger partial charge on any atom is 0.145 e. The first-order valence-electron chi connectivity index (χ1n) is 13.6. The number of nitrogens with one attached hydrogen (secondary N) is 2. The lowest BCUT2D eigenvalue weighted by atomic mass is 9.72. The van der Waals surface area contributed by atoms with Gasteiger partial charge < -0.3 is 19.5 Å². The molecule has 40 heavy (non-hydrogen) atoms. The Morgan fingerprint density at radius 2 is 1.77 bits per heavy atom. The van der Waals surface area contributed by atoms with Gasteiger partial charge in [-0.2, -0.15) is 5.10 Å². The Morgan fingerprint density at radius 3 is 2.50 bits per heavy atom. The van der Waals surface area contributed by atoms with Crippen LogP contribution in [0.2, 0.25) is 0 Å². The number of pyridine rings is 1. The quantitative estimate of drug-likeness (QED) is 0.248. The van der Waals surface area contributed by atoms with Crippen molar-refractivity contribution in [1.82, 2.24) is 25.1 Å². The normalized spacial score (nSPS) is 16.1. The van der Waals surface area contributed by atoms with E-state index < -0.39 is 0 Å². The molecule has 0 unspecified atom stereocenters. The molecule has 1 fully saturated rings. The molecule has 4 aromatic rings. The number of nitrogens with zero attached hydrogens (tertiary/aromatic N) is 4. The van der Waals surface area contributed by atoms with Gasteiger partial charge in [-0.25, -0.2) is 9.97 Å². The van der Waals surface area contributed by atoms with Crippen LogP contribution in [-0.2, 0) is 13.0 Å². The highest BCUT2D eigenvalue weighted by atomic mass is 16.5. The van der Waals surface area contributed by atoms with Gasteiger partial charge in [0.2, 0.25) is 0 Å². The first-order valence-corrected chi connectivity index (χ1v) is 13.6. The minimum atomic E-state index is 0.221. The molecule has 2 aromatic carbocycles. The predicted molar refractivity (Wildman–Crippen MR) is 156 cm³/mol. The lowest BCUT2D eigenvalue weighted by Gasteiger charge is -2.33. The summed E-state index contributed by atoms with van der Waals surface area (Å²) in [5.41, 5.74) is 4.06. The predicted octanol–water partition coefficient (Wildman–Crippen LogP) is 6.12. The Bertz CT molecular complexity index is 1500. The van der Waals surface area contributed by atoms with Crippen molar-refractivity contribution in [1.29, 1.82) is 0 Å². The van der Waals surface area contributed by atoms with Gasteiger partial charge in [0.15, 0.2) is 0 Å². The minimum Gasteiger partial charge on any atom is -0.497 e. The highest BCUT2D eigenvalue weighted by Gasteiger charge is 2.34. The van der Waals surface area contributed by atoms with E-state index in [1.165, 1.54) is 11.9 Å². The third kappa shape index (κ3) is 5.93. The van der Waals surface area contributed by atoms with Gasteiger partial charge in [0.25, 0.3) is 0 Å². The number of para-hydroxylation sites is 1. The lowest BCUT2D eigenvalue weighted by Crippen LogP contribution is -2.23. The molecule has 5 rings (SSSR count). The molecule has 9 nitrogen and oxygen atoms in total. The zero-order chi connectivity index (χ0) is 27.9. The van der Waals surface area contributed by atoms with Gasteiger partial charge in [0.1, 0.15) is 40.7 Å². The topological polar surface area (TPSA) is 107 Å². The molecule has 1 saturated carbocycles. The number of ether oxygens (including phenoxy) is 3. The first kappa shape index (κ1) is 27.2. The van der Waals surface area contributed by atoms with Crippen molar-refractivity contribution in [3.05, 3.63) is 83.7 Å². The van der Waals surface area contributed by atoms with Gasteiger partial charge >= 0.3 is 0 Å². The largest absolute Gasteiger partial charge is 0.497 e. The standard InChI is InChI=1S/C31H36N6O3/c1-5-7-20-10-13-26(32-17-20)22-14-23(15-22)30-36-31(33-18-21-11-12-24(38-2)16-28(21)40-4)25-8-6-9-27(39-3)29(25)34-19-35-37-30/h6,8-13,16-17,19,22-23,33H,5,7,14-15,18H2,1-4H3,(H,36,37). The molecule has 1 aliphatic rings. The number of rotatable bonds is 10. The van der Waals surface area contributed by atoms with Crippen molar-refractivity contribution in [2.75, 3.05) is 26.6 Å². The fraction of sp³-hybridized carbons (Fsp3) is 0.355. The molecule has 0 radical (unpaired) electrons. The third-order valence-corrected chi connectivity index (χ3v) is 7.40. The van der Waals surface area contributed by atoms with E-state index in [0.29, 0.717) is 29.5 Å². The second kappa shape index (κ2) is 12.6. The number of aromatic nitrogens is 5. The number of methoxy groups -OCH3 is 3. The minimum absolute atomic E-state index is 0.221.